The lowest BCUT2D eigenvalue weighted by molar-refractivity contribution is 0.0558. The summed E-state index contributed by atoms with van der Waals surface area (Å²) in [7, 11) is -2.89. The quantitative estimate of drug-likeness (QED) is 0.770. The number of guanidine groups is 1. The number of carbonyl (C=O) groups excluding carboxylic acids is 1. The molecule has 2 atom stereocenters. The highest BCUT2D eigenvalue weighted by Crippen LogP contribution is 2.35. The fourth-order valence-electron chi connectivity index (χ4n) is 3.36. The normalized spacial score (nSPS) is 27.8. The Kier molecular flexibility index (Phi) is 5.40. The summed E-state index contributed by atoms with van der Waals surface area (Å²) < 4.78 is 39.6. The number of hydrogen-bond donors (Lipinski definition) is 1. The molecular weight excluding hydrogens is 383 g/mol. The minimum absolute atomic E-state index is 0.0560. The molecule has 0 bridgehead atoms. The number of ether oxygens (including phenoxy) is 1. The molecule has 0 spiro atoms. The molecule has 2 aliphatic heterocycles. The van der Waals surface area contributed by atoms with Crippen LogP contribution in [0.1, 0.15) is 46.1 Å². The van der Waals surface area contributed by atoms with Gasteiger partial charge in [0, 0.05) is 12.1 Å². The Morgan fingerprint density at radius 2 is 2.04 bits per heavy atom. The van der Waals surface area contributed by atoms with Crippen molar-refractivity contribution in [3.8, 4) is 0 Å². The second-order valence-electron chi connectivity index (χ2n) is 8.23. The van der Waals surface area contributed by atoms with Crippen molar-refractivity contribution in [1.29, 1.82) is 0 Å². The Morgan fingerprint density at radius 3 is 2.71 bits per heavy atom. The van der Waals surface area contributed by atoms with Gasteiger partial charge in [-0.1, -0.05) is 18.2 Å². The summed E-state index contributed by atoms with van der Waals surface area (Å²) in [6, 6.07) is 6.28. The van der Waals surface area contributed by atoms with E-state index in [0.717, 1.165) is 12.8 Å². The van der Waals surface area contributed by atoms with E-state index in [-0.39, 0.29) is 11.7 Å². The van der Waals surface area contributed by atoms with Gasteiger partial charge in [-0.3, -0.25) is 9.62 Å². The molecular formula is C19H27FN4O3S. The first-order chi connectivity index (χ1) is 13.0. The summed E-state index contributed by atoms with van der Waals surface area (Å²) in [6.45, 7) is 7.88. The molecule has 0 aliphatic carbocycles. The maximum Gasteiger partial charge on any atom is 0.414 e. The molecule has 0 fully saturated rings. The molecule has 1 N–H and O–H groups in total. The van der Waals surface area contributed by atoms with Crippen molar-refractivity contribution in [3.05, 3.63) is 35.6 Å². The van der Waals surface area contributed by atoms with Gasteiger partial charge in [-0.15, -0.1) is 0 Å². The van der Waals surface area contributed by atoms with Crippen LogP contribution in [0.15, 0.2) is 33.6 Å². The molecule has 1 amide bonds. The second kappa shape index (κ2) is 7.35. The lowest BCUT2D eigenvalue weighted by Crippen LogP contribution is -2.55. The van der Waals surface area contributed by atoms with Crippen molar-refractivity contribution in [2.24, 2.45) is 9.36 Å². The van der Waals surface area contributed by atoms with Crippen molar-refractivity contribution in [2.75, 3.05) is 18.8 Å². The van der Waals surface area contributed by atoms with Crippen LogP contribution in [0.5, 0.6) is 0 Å². The molecule has 7 nitrogen and oxygen atoms in total. The summed E-state index contributed by atoms with van der Waals surface area (Å²) in [4.78, 5) is 17.0. The van der Waals surface area contributed by atoms with Gasteiger partial charge in [-0.25, -0.2) is 22.7 Å². The fourth-order valence-corrected chi connectivity index (χ4v) is 5.88. The van der Waals surface area contributed by atoms with Gasteiger partial charge in [0.05, 0.1) is 12.3 Å². The highest BCUT2D eigenvalue weighted by atomic mass is 32.2. The zero-order valence-corrected chi connectivity index (χ0v) is 17.5. The third-order valence-electron chi connectivity index (χ3n) is 4.53. The Morgan fingerprint density at radius 1 is 1.32 bits per heavy atom. The second-order valence-corrected chi connectivity index (χ2v) is 10.4. The predicted octanol–water partition coefficient (Wildman–Crippen LogP) is 3.41. The Bertz CT molecular complexity index is 918. The van der Waals surface area contributed by atoms with E-state index in [0.29, 0.717) is 18.7 Å². The predicted molar refractivity (Wildman–Crippen MR) is 107 cm³/mol. The molecule has 0 saturated carbocycles. The van der Waals surface area contributed by atoms with Gasteiger partial charge >= 0.3 is 6.09 Å². The number of halogens is 1. The molecule has 3 rings (SSSR count). The Balaban J connectivity index is 2.07. The molecule has 0 aromatic heterocycles. The average Bonchev–Trinajstić information content (AvgIpc) is 2.74. The standard InChI is InChI=1S/C19H27FN4O3S/c1-18(2,3)27-17(25)22-16-23-19(4,14-9-5-6-10-15(14)20)13-28(26)21-11-7-8-12-24(16)28/h5-6,9-10H,7-8,11-13H2,1-4H3,(H,22,23,25)/t19-,28+/m0/s1. The number of alkyl carbamates (subject to hydrolysis) is 1. The van der Waals surface area contributed by atoms with Gasteiger partial charge in [0.1, 0.15) is 26.9 Å². The average molecular weight is 411 g/mol. The van der Waals surface area contributed by atoms with Gasteiger partial charge < -0.3 is 4.74 Å². The molecule has 1 aromatic carbocycles. The number of amides is 1. The number of carbonyl (C=O) groups is 1. The maximum atomic E-state index is 14.5. The topological polar surface area (TPSA) is 83.4 Å². The molecule has 2 heterocycles. The van der Waals surface area contributed by atoms with Crippen molar-refractivity contribution >= 4 is 22.0 Å². The summed E-state index contributed by atoms with van der Waals surface area (Å²) in [5.41, 5.74) is -1.50. The first-order valence-corrected chi connectivity index (χ1v) is 11.0. The smallest absolute Gasteiger partial charge is 0.414 e. The fraction of sp³-hybridized carbons (Fsp3) is 0.579. The van der Waals surface area contributed by atoms with Crippen LogP contribution in [0, 0.1) is 5.82 Å². The number of rotatable bonds is 1. The summed E-state index contributed by atoms with van der Waals surface area (Å²) in [6.07, 6.45) is 0.866. The zero-order chi connectivity index (χ0) is 20.6. The number of nitrogens with one attached hydrogen (secondary N) is 1. The lowest BCUT2D eigenvalue weighted by Gasteiger charge is -2.39. The van der Waals surface area contributed by atoms with E-state index in [4.69, 9.17) is 4.74 Å². The summed E-state index contributed by atoms with van der Waals surface area (Å²) in [5, 5.41) is 2.63. The largest absolute Gasteiger partial charge is 0.444 e. The third kappa shape index (κ3) is 4.29. The molecule has 0 saturated heterocycles. The van der Waals surface area contributed by atoms with Crippen LogP contribution < -0.4 is 5.32 Å². The van der Waals surface area contributed by atoms with Crippen LogP contribution in [0.2, 0.25) is 0 Å². The number of fused-ring (bicyclic) bond motifs is 1. The van der Waals surface area contributed by atoms with E-state index in [9.17, 15) is 13.4 Å². The van der Waals surface area contributed by atoms with Crippen LogP contribution in [0.3, 0.4) is 0 Å². The monoisotopic (exact) mass is 410 g/mol. The van der Waals surface area contributed by atoms with Crippen LogP contribution in [-0.4, -0.2) is 45.0 Å². The van der Waals surface area contributed by atoms with Crippen LogP contribution in [0.4, 0.5) is 9.18 Å². The minimum atomic E-state index is -2.89. The molecule has 0 unspecified atom stereocenters. The van der Waals surface area contributed by atoms with Crippen molar-refractivity contribution in [2.45, 2.75) is 51.7 Å². The number of aliphatic imine (C=N–C) groups is 1. The van der Waals surface area contributed by atoms with Gasteiger partial charge in [-0.2, -0.15) is 0 Å². The highest BCUT2D eigenvalue weighted by molar-refractivity contribution is 7.92. The molecule has 154 valence electrons. The highest BCUT2D eigenvalue weighted by Gasteiger charge is 2.43. The molecule has 28 heavy (non-hydrogen) atoms. The number of hydrogen-bond acceptors (Lipinski definition) is 5. The van der Waals surface area contributed by atoms with E-state index >= 15 is 0 Å². The lowest BCUT2D eigenvalue weighted by atomic mass is 9.94. The Labute approximate surface area is 165 Å². The van der Waals surface area contributed by atoms with Gasteiger partial charge in [0.15, 0.2) is 0 Å². The third-order valence-corrected chi connectivity index (χ3v) is 7.10. The molecule has 2 aliphatic rings. The van der Waals surface area contributed by atoms with Gasteiger partial charge in [0.25, 0.3) is 0 Å². The molecule has 1 aromatic rings. The first-order valence-electron chi connectivity index (χ1n) is 9.36. The molecule has 0 radical (unpaired) electrons. The number of benzene rings is 1. The van der Waals surface area contributed by atoms with Crippen molar-refractivity contribution in [1.82, 2.24) is 9.62 Å². The van der Waals surface area contributed by atoms with E-state index in [1.54, 1.807) is 50.2 Å². The van der Waals surface area contributed by atoms with Crippen LogP contribution in [-0.2, 0) is 20.2 Å². The van der Waals surface area contributed by atoms with E-state index in [2.05, 4.69) is 14.7 Å². The first kappa shape index (κ1) is 20.6. The van der Waals surface area contributed by atoms with E-state index in [1.165, 1.54) is 6.07 Å². The SMILES string of the molecule is CC(C)(C)OC(=O)NC1=N[C@](C)(c2ccccc2F)C[S@@]2(=O)=NCCCCN12. The summed E-state index contributed by atoms with van der Waals surface area (Å²) in [5.74, 6) is -0.266. The van der Waals surface area contributed by atoms with Gasteiger partial charge in [0.2, 0.25) is 5.96 Å². The van der Waals surface area contributed by atoms with Gasteiger partial charge in [-0.05, 0) is 46.6 Å². The molecule has 9 heteroatoms. The maximum absolute atomic E-state index is 14.5. The van der Waals surface area contributed by atoms with E-state index in [1.807, 2.05) is 0 Å². The number of nitrogens with zero attached hydrogens (tertiary/aromatic N) is 3. The van der Waals surface area contributed by atoms with E-state index < -0.39 is 33.0 Å². The van der Waals surface area contributed by atoms with Crippen molar-refractivity contribution < 1.29 is 18.1 Å². The van der Waals surface area contributed by atoms with Crippen LogP contribution >= 0.6 is 0 Å². The minimum Gasteiger partial charge on any atom is -0.444 e. The Hall–Kier alpha value is -2.16. The zero-order valence-electron chi connectivity index (χ0n) is 16.7. The van der Waals surface area contributed by atoms with Crippen molar-refractivity contribution in [3.63, 3.8) is 0 Å². The van der Waals surface area contributed by atoms with Crippen LogP contribution in [0.25, 0.3) is 0 Å². The summed E-state index contributed by atoms with van der Waals surface area (Å²) >= 11 is 0.